The molecule has 0 amide bonds. The first-order chi connectivity index (χ1) is 30.7. The number of rotatable bonds is 5. The highest BCUT2D eigenvalue weighted by molar-refractivity contribution is 5.91. The molecule has 1 saturated carbocycles. The monoisotopic (exact) mass is 793 g/mol. The van der Waals surface area contributed by atoms with Gasteiger partial charge < -0.3 is 4.90 Å². The Bertz CT molecular complexity index is 2920. The molecule has 1 spiro atoms. The van der Waals surface area contributed by atoms with Gasteiger partial charge in [-0.15, -0.1) is 0 Å². The number of nitrogens with zero attached hydrogens (tertiary/aromatic N) is 3. The van der Waals surface area contributed by atoms with E-state index >= 15 is 0 Å². The van der Waals surface area contributed by atoms with Crippen LogP contribution in [0.4, 0.5) is 17.1 Å². The molecular formula is C59H43N3. The van der Waals surface area contributed by atoms with Crippen LogP contribution in [0.25, 0.3) is 22.3 Å². The molecule has 0 N–H and O–H groups in total. The van der Waals surface area contributed by atoms with E-state index in [0.717, 1.165) is 12.8 Å². The van der Waals surface area contributed by atoms with Crippen molar-refractivity contribution in [2.24, 2.45) is 0 Å². The standard InChI is InChI=1S/C59H43N3/c1-2-18-44(19-3-1)62-55-30-28-40(58(42-16-14-34-60-38-42)49-24-8-4-20-45(49)46-21-5-9-25-50(46)58)36-53(55)57(32-12-13-33-57)54-37-41(29-31-56(54)62)59(43-17-15-35-61-39-43)51-26-10-6-22-47(51)48-23-7-11-27-52(48)59/h1-11,14-31,34-39H,12-13,32-33H2. The van der Waals surface area contributed by atoms with Crippen LogP contribution in [0.15, 0.2) is 213 Å². The molecule has 4 aliphatic rings. The molecule has 0 unspecified atom stereocenters. The Morgan fingerprint density at radius 3 is 1.16 bits per heavy atom. The number of hydrogen-bond acceptors (Lipinski definition) is 3. The highest BCUT2D eigenvalue weighted by Gasteiger charge is 2.52. The second-order valence-electron chi connectivity index (χ2n) is 17.6. The fourth-order valence-corrected chi connectivity index (χ4v) is 12.6. The van der Waals surface area contributed by atoms with E-state index in [1.807, 2.05) is 12.4 Å². The molecule has 3 aliphatic carbocycles. The van der Waals surface area contributed by atoms with E-state index in [1.165, 1.54) is 108 Å². The van der Waals surface area contributed by atoms with Gasteiger partial charge in [-0.2, -0.15) is 0 Å². The highest BCUT2D eigenvalue weighted by Crippen LogP contribution is 2.63. The summed E-state index contributed by atoms with van der Waals surface area (Å²) in [4.78, 5) is 12.1. The molecule has 0 atom stereocenters. The Balaban J connectivity index is 1.12. The largest absolute Gasteiger partial charge is 0.310 e. The molecule has 1 aliphatic heterocycles. The van der Waals surface area contributed by atoms with Gasteiger partial charge in [0.1, 0.15) is 0 Å². The maximum atomic E-state index is 4.78. The summed E-state index contributed by atoms with van der Waals surface area (Å²) in [5, 5.41) is 0. The zero-order valence-electron chi connectivity index (χ0n) is 34.4. The molecule has 3 heteroatoms. The lowest BCUT2D eigenvalue weighted by Crippen LogP contribution is -2.36. The molecule has 1 fully saturated rings. The quantitative estimate of drug-likeness (QED) is 0.174. The van der Waals surface area contributed by atoms with Gasteiger partial charge in [0, 0.05) is 35.9 Å². The Morgan fingerprint density at radius 1 is 0.355 bits per heavy atom. The van der Waals surface area contributed by atoms with Crippen LogP contribution in [0.1, 0.15) is 81.3 Å². The first-order valence-corrected chi connectivity index (χ1v) is 22.1. The van der Waals surface area contributed by atoms with Gasteiger partial charge in [-0.05, 0) is 127 Å². The van der Waals surface area contributed by atoms with E-state index in [2.05, 4.69) is 205 Å². The average molecular weight is 794 g/mol. The van der Waals surface area contributed by atoms with Crippen molar-refractivity contribution in [1.29, 1.82) is 0 Å². The molecule has 3 nitrogen and oxygen atoms in total. The highest BCUT2D eigenvalue weighted by atomic mass is 15.2. The molecule has 0 radical (unpaired) electrons. The molecule has 294 valence electrons. The van der Waals surface area contributed by atoms with Crippen LogP contribution in [-0.2, 0) is 16.2 Å². The predicted octanol–water partition coefficient (Wildman–Crippen LogP) is 13.8. The van der Waals surface area contributed by atoms with E-state index in [9.17, 15) is 0 Å². The van der Waals surface area contributed by atoms with E-state index in [-0.39, 0.29) is 5.41 Å². The van der Waals surface area contributed by atoms with Crippen molar-refractivity contribution in [3.8, 4) is 22.3 Å². The summed E-state index contributed by atoms with van der Waals surface area (Å²) >= 11 is 0. The van der Waals surface area contributed by atoms with Crippen LogP contribution in [0.5, 0.6) is 0 Å². The average Bonchev–Trinajstić information content (AvgIpc) is 4.04. The SMILES string of the molecule is c1ccc(N2c3ccc(C4(c5cccnc5)c5ccccc5-c5ccccc54)cc3C3(CCCC3)c3cc(C4(c5cccnc5)c5ccccc5-c5ccccc54)ccc32)cc1. The number of benzene rings is 7. The number of aromatic nitrogens is 2. The maximum absolute atomic E-state index is 4.78. The number of para-hydroxylation sites is 1. The number of hydrogen-bond donors (Lipinski definition) is 0. The Hall–Kier alpha value is -7.36. The summed E-state index contributed by atoms with van der Waals surface area (Å²) in [7, 11) is 0. The maximum Gasteiger partial charge on any atom is 0.0728 e. The molecular weight excluding hydrogens is 751 g/mol. The third-order valence-electron chi connectivity index (χ3n) is 14.9. The van der Waals surface area contributed by atoms with Crippen LogP contribution in [0, 0.1) is 0 Å². The lowest BCUT2D eigenvalue weighted by atomic mass is 9.63. The molecule has 2 aromatic heterocycles. The minimum Gasteiger partial charge on any atom is -0.310 e. The molecule has 13 rings (SSSR count). The minimum atomic E-state index is -0.544. The van der Waals surface area contributed by atoms with Gasteiger partial charge >= 0.3 is 0 Å². The van der Waals surface area contributed by atoms with Crippen molar-refractivity contribution < 1.29 is 0 Å². The molecule has 62 heavy (non-hydrogen) atoms. The smallest absolute Gasteiger partial charge is 0.0728 e. The van der Waals surface area contributed by atoms with Crippen molar-refractivity contribution >= 4 is 17.1 Å². The van der Waals surface area contributed by atoms with Gasteiger partial charge in [0.2, 0.25) is 0 Å². The molecule has 7 aromatic carbocycles. The second-order valence-corrected chi connectivity index (χ2v) is 17.6. The van der Waals surface area contributed by atoms with Crippen molar-refractivity contribution in [2.45, 2.75) is 41.9 Å². The first kappa shape index (κ1) is 35.4. The fraction of sp³-hybridized carbons (Fsp3) is 0.119. The van der Waals surface area contributed by atoms with Crippen molar-refractivity contribution in [3.63, 3.8) is 0 Å². The molecule has 3 heterocycles. The van der Waals surface area contributed by atoms with Gasteiger partial charge in [-0.3, -0.25) is 9.97 Å². The lowest BCUT2D eigenvalue weighted by molar-refractivity contribution is 0.526. The predicted molar refractivity (Wildman–Crippen MR) is 251 cm³/mol. The molecule has 0 bridgehead atoms. The zero-order chi connectivity index (χ0) is 40.9. The van der Waals surface area contributed by atoms with Crippen molar-refractivity contribution in [2.75, 3.05) is 4.90 Å². The van der Waals surface area contributed by atoms with E-state index < -0.39 is 10.8 Å². The summed E-state index contributed by atoms with van der Waals surface area (Å²) in [6.45, 7) is 0. The number of anilines is 3. The van der Waals surface area contributed by atoms with Crippen LogP contribution in [-0.4, -0.2) is 9.97 Å². The summed E-state index contributed by atoms with van der Waals surface area (Å²) in [6, 6.07) is 70.9. The summed E-state index contributed by atoms with van der Waals surface area (Å²) in [5.41, 5.74) is 20.6. The first-order valence-electron chi connectivity index (χ1n) is 22.1. The number of fused-ring (bicyclic) bond motifs is 10. The van der Waals surface area contributed by atoms with Crippen molar-refractivity contribution in [3.05, 3.63) is 268 Å². The third-order valence-corrected chi connectivity index (χ3v) is 14.9. The van der Waals surface area contributed by atoms with Crippen LogP contribution < -0.4 is 4.90 Å². The number of pyridine rings is 2. The topological polar surface area (TPSA) is 29.0 Å². The molecule has 9 aromatic rings. The van der Waals surface area contributed by atoms with Gasteiger partial charge in [-0.1, -0.05) is 165 Å². The van der Waals surface area contributed by atoms with Crippen LogP contribution >= 0.6 is 0 Å². The Kier molecular flexibility index (Phi) is 7.60. The van der Waals surface area contributed by atoms with Crippen LogP contribution in [0.2, 0.25) is 0 Å². The van der Waals surface area contributed by atoms with Crippen LogP contribution in [0.3, 0.4) is 0 Å². The summed E-state index contributed by atoms with van der Waals surface area (Å²) in [6.07, 6.45) is 12.5. The molecule has 0 saturated heterocycles. The fourth-order valence-electron chi connectivity index (χ4n) is 12.6. The lowest BCUT2D eigenvalue weighted by Gasteiger charge is -2.46. The van der Waals surface area contributed by atoms with Gasteiger partial charge in [0.25, 0.3) is 0 Å². The van der Waals surface area contributed by atoms with E-state index in [1.54, 1.807) is 0 Å². The summed E-state index contributed by atoms with van der Waals surface area (Å²) in [5.74, 6) is 0. The van der Waals surface area contributed by atoms with Gasteiger partial charge in [-0.25, -0.2) is 0 Å². The summed E-state index contributed by atoms with van der Waals surface area (Å²) < 4.78 is 0. The normalized spacial score (nSPS) is 16.5. The third kappa shape index (κ3) is 4.55. The van der Waals surface area contributed by atoms with E-state index in [4.69, 9.17) is 9.97 Å². The minimum absolute atomic E-state index is 0.205. The van der Waals surface area contributed by atoms with E-state index in [0.29, 0.717) is 0 Å². The zero-order valence-corrected chi connectivity index (χ0v) is 34.4. The van der Waals surface area contributed by atoms with Gasteiger partial charge in [0.15, 0.2) is 0 Å². The van der Waals surface area contributed by atoms with Crippen molar-refractivity contribution in [1.82, 2.24) is 9.97 Å². The Morgan fingerprint density at radius 2 is 0.758 bits per heavy atom. The van der Waals surface area contributed by atoms with Gasteiger partial charge in [0.05, 0.1) is 22.2 Å². The Labute approximate surface area is 363 Å². The second kappa shape index (κ2) is 13.3.